The Morgan fingerprint density at radius 3 is 2.71 bits per heavy atom. The first-order valence-electron chi connectivity index (χ1n) is 5.67. The topological polar surface area (TPSA) is 56.7 Å². The van der Waals surface area contributed by atoms with E-state index < -0.39 is 0 Å². The van der Waals surface area contributed by atoms with Gasteiger partial charge < -0.3 is 4.52 Å². The van der Waals surface area contributed by atoms with Gasteiger partial charge >= 0.3 is 0 Å². The van der Waals surface area contributed by atoms with Gasteiger partial charge in [0.2, 0.25) is 5.28 Å². The van der Waals surface area contributed by atoms with Crippen molar-refractivity contribution in [1.82, 2.24) is 19.9 Å². The highest BCUT2D eigenvalue weighted by Gasteiger charge is 2.30. The third kappa shape index (κ3) is 1.84. The van der Waals surface area contributed by atoms with Crippen LogP contribution in [0.1, 0.15) is 41.6 Å². The number of aromatic nitrogens is 4. The van der Waals surface area contributed by atoms with Crippen LogP contribution in [0, 0.1) is 13.8 Å². The highest BCUT2D eigenvalue weighted by Crippen LogP contribution is 2.39. The lowest BCUT2D eigenvalue weighted by Crippen LogP contribution is -2.06. The Hall–Kier alpha value is -1.36. The second-order valence-corrected chi connectivity index (χ2v) is 4.83. The SMILES string of the molecule is Cc1noc(C)c1Cn1c(Cl)nnc1C1CC1. The van der Waals surface area contributed by atoms with E-state index in [2.05, 4.69) is 15.4 Å². The summed E-state index contributed by atoms with van der Waals surface area (Å²) in [5.74, 6) is 2.33. The first-order chi connectivity index (χ1) is 8.16. The summed E-state index contributed by atoms with van der Waals surface area (Å²) < 4.78 is 7.10. The Balaban J connectivity index is 1.97. The van der Waals surface area contributed by atoms with Gasteiger partial charge in [-0.25, -0.2) is 0 Å². The molecule has 1 fully saturated rings. The highest BCUT2D eigenvalue weighted by molar-refractivity contribution is 6.28. The minimum atomic E-state index is 0.437. The smallest absolute Gasteiger partial charge is 0.225 e. The third-order valence-corrected chi connectivity index (χ3v) is 3.45. The first kappa shape index (κ1) is 10.8. The van der Waals surface area contributed by atoms with Crippen molar-refractivity contribution < 1.29 is 4.52 Å². The Morgan fingerprint density at radius 1 is 1.35 bits per heavy atom. The maximum Gasteiger partial charge on any atom is 0.225 e. The molecular weight excluding hydrogens is 240 g/mol. The van der Waals surface area contributed by atoms with Gasteiger partial charge in [0.15, 0.2) is 0 Å². The van der Waals surface area contributed by atoms with Gasteiger partial charge in [0.05, 0.1) is 12.2 Å². The van der Waals surface area contributed by atoms with Gasteiger partial charge in [-0.1, -0.05) is 5.16 Å². The minimum absolute atomic E-state index is 0.437. The normalized spacial score (nSPS) is 15.5. The Bertz CT molecular complexity index is 536. The molecule has 2 aromatic heterocycles. The van der Waals surface area contributed by atoms with E-state index in [0.29, 0.717) is 17.7 Å². The summed E-state index contributed by atoms with van der Waals surface area (Å²) in [7, 11) is 0. The molecule has 0 bridgehead atoms. The van der Waals surface area contributed by atoms with Gasteiger partial charge in [0.25, 0.3) is 0 Å². The van der Waals surface area contributed by atoms with Crippen LogP contribution in [0.4, 0.5) is 0 Å². The van der Waals surface area contributed by atoms with Crippen molar-refractivity contribution in [3.63, 3.8) is 0 Å². The highest BCUT2D eigenvalue weighted by atomic mass is 35.5. The zero-order chi connectivity index (χ0) is 12.0. The second kappa shape index (κ2) is 3.84. The fraction of sp³-hybridized carbons (Fsp3) is 0.545. The summed E-state index contributed by atoms with van der Waals surface area (Å²) in [5, 5.41) is 12.5. The Labute approximate surface area is 104 Å². The first-order valence-corrected chi connectivity index (χ1v) is 6.05. The average molecular weight is 253 g/mol. The Morgan fingerprint density at radius 2 is 2.12 bits per heavy atom. The number of aryl methyl sites for hydroxylation is 2. The minimum Gasteiger partial charge on any atom is -0.361 e. The quantitative estimate of drug-likeness (QED) is 0.842. The molecule has 0 unspecified atom stereocenters. The van der Waals surface area contributed by atoms with E-state index in [1.165, 1.54) is 12.8 Å². The summed E-state index contributed by atoms with van der Waals surface area (Å²) in [6, 6.07) is 0. The van der Waals surface area contributed by atoms with E-state index in [-0.39, 0.29) is 0 Å². The molecule has 0 aliphatic heterocycles. The molecule has 0 aromatic carbocycles. The van der Waals surface area contributed by atoms with E-state index >= 15 is 0 Å². The standard InChI is InChI=1S/C11H13ClN4O/c1-6-9(7(2)17-15-6)5-16-10(8-3-4-8)13-14-11(16)12/h8H,3-5H2,1-2H3. The molecule has 0 spiro atoms. The molecule has 1 aliphatic carbocycles. The van der Waals surface area contributed by atoms with Crippen molar-refractivity contribution in [3.05, 3.63) is 28.1 Å². The van der Waals surface area contributed by atoms with Crippen LogP contribution in [0.25, 0.3) is 0 Å². The molecule has 90 valence electrons. The molecule has 0 saturated heterocycles. The van der Waals surface area contributed by atoms with Crippen molar-refractivity contribution >= 4 is 11.6 Å². The molecule has 5 nitrogen and oxygen atoms in total. The van der Waals surface area contributed by atoms with Crippen molar-refractivity contribution in [2.24, 2.45) is 0 Å². The molecular formula is C11H13ClN4O. The maximum atomic E-state index is 6.08. The molecule has 3 rings (SSSR count). The van der Waals surface area contributed by atoms with Crippen LogP contribution in [0.5, 0.6) is 0 Å². The summed E-state index contributed by atoms with van der Waals surface area (Å²) in [5.41, 5.74) is 1.96. The summed E-state index contributed by atoms with van der Waals surface area (Å²) in [6.07, 6.45) is 2.35. The lowest BCUT2D eigenvalue weighted by Gasteiger charge is -2.06. The van der Waals surface area contributed by atoms with Crippen molar-refractivity contribution in [1.29, 1.82) is 0 Å². The molecule has 0 atom stereocenters. The maximum absolute atomic E-state index is 6.08. The van der Waals surface area contributed by atoms with Crippen LogP contribution < -0.4 is 0 Å². The summed E-state index contributed by atoms with van der Waals surface area (Å²) in [4.78, 5) is 0. The van der Waals surface area contributed by atoms with Gasteiger partial charge in [0.1, 0.15) is 11.6 Å². The number of nitrogens with zero attached hydrogens (tertiary/aromatic N) is 4. The fourth-order valence-corrected chi connectivity index (χ4v) is 2.15. The zero-order valence-electron chi connectivity index (χ0n) is 9.77. The molecule has 6 heteroatoms. The Kier molecular flexibility index (Phi) is 2.43. The third-order valence-electron chi connectivity index (χ3n) is 3.17. The molecule has 0 amide bonds. The predicted molar refractivity (Wildman–Crippen MR) is 62.1 cm³/mol. The number of rotatable bonds is 3. The molecule has 0 N–H and O–H groups in total. The number of hydrogen-bond donors (Lipinski definition) is 0. The summed E-state index contributed by atoms with van der Waals surface area (Å²) in [6.45, 7) is 4.48. The van der Waals surface area contributed by atoms with E-state index in [0.717, 1.165) is 22.8 Å². The largest absolute Gasteiger partial charge is 0.361 e. The van der Waals surface area contributed by atoms with Gasteiger partial charge in [-0.2, -0.15) is 0 Å². The van der Waals surface area contributed by atoms with Crippen molar-refractivity contribution in [2.45, 2.75) is 39.2 Å². The van der Waals surface area contributed by atoms with Crippen LogP contribution in [0.15, 0.2) is 4.52 Å². The van der Waals surface area contributed by atoms with Crippen LogP contribution in [-0.2, 0) is 6.54 Å². The molecule has 1 saturated carbocycles. The molecule has 2 heterocycles. The van der Waals surface area contributed by atoms with E-state index in [1.54, 1.807) is 0 Å². The van der Waals surface area contributed by atoms with Crippen LogP contribution in [0.3, 0.4) is 0 Å². The zero-order valence-corrected chi connectivity index (χ0v) is 10.5. The lowest BCUT2D eigenvalue weighted by molar-refractivity contribution is 0.392. The second-order valence-electron chi connectivity index (χ2n) is 4.49. The molecule has 0 radical (unpaired) electrons. The molecule has 2 aromatic rings. The molecule has 17 heavy (non-hydrogen) atoms. The van der Waals surface area contributed by atoms with Crippen molar-refractivity contribution in [3.8, 4) is 0 Å². The summed E-state index contributed by atoms with van der Waals surface area (Å²) >= 11 is 6.08. The average Bonchev–Trinajstić information content (AvgIpc) is 3.02. The van der Waals surface area contributed by atoms with Crippen LogP contribution in [-0.4, -0.2) is 19.9 Å². The predicted octanol–water partition coefficient (Wildman–Crippen LogP) is 2.46. The van der Waals surface area contributed by atoms with E-state index in [1.807, 2.05) is 18.4 Å². The monoisotopic (exact) mass is 252 g/mol. The number of halogens is 1. The van der Waals surface area contributed by atoms with Crippen molar-refractivity contribution in [2.75, 3.05) is 0 Å². The van der Waals surface area contributed by atoms with Gasteiger partial charge in [-0.3, -0.25) is 4.57 Å². The van der Waals surface area contributed by atoms with E-state index in [4.69, 9.17) is 16.1 Å². The van der Waals surface area contributed by atoms with Gasteiger partial charge in [-0.15, -0.1) is 10.2 Å². The lowest BCUT2D eigenvalue weighted by atomic mass is 10.2. The van der Waals surface area contributed by atoms with Gasteiger partial charge in [-0.05, 0) is 38.3 Å². The van der Waals surface area contributed by atoms with Gasteiger partial charge in [0, 0.05) is 11.5 Å². The fourth-order valence-electron chi connectivity index (χ4n) is 1.97. The van der Waals surface area contributed by atoms with Crippen LogP contribution >= 0.6 is 11.6 Å². The molecule has 1 aliphatic rings. The number of hydrogen-bond acceptors (Lipinski definition) is 4. The van der Waals surface area contributed by atoms with Crippen LogP contribution in [0.2, 0.25) is 5.28 Å². The van der Waals surface area contributed by atoms with E-state index in [9.17, 15) is 0 Å².